The molecule has 5 rings (SSSR count). The van der Waals surface area contributed by atoms with Crippen molar-refractivity contribution in [1.82, 2.24) is 15.2 Å². The summed E-state index contributed by atoms with van der Waals surface area (Å²) in [7, 11) is 0. The van der Waals surface area contributed by atoms with Crippen molar-refractivity contribution in [3.05, 3.63) is 28.9 Å². The molecule has 3 saturated heterocycles. The molecule has 0 saturated carbocycles. The highest BCUT2D eigenvalue weighted by molar-refractivity contribution is 7.17. The molecule has 0 aromatic carbocycles. The van der Waals surface area contributed by atoms with Gasteiger partial charge in [0.1, 0.15) is 12.3 Å². The van der Waals surface area contributed by atoms with E-state index in [0.29, 0.717) is 11.6 Å². The molecular weight excluding hydrogens is 322 g/mol. The third-order valence-corrected chi connectivity index (χ3v) is 5.90. The van der Waals surface area contributed by atoms with E-state index in [0.717, 1.165) is 35.3 Å². The fourth-order valence-corrected chi connectivity index (χ4v) is 4.50. The minimum atomic E-state index is -0.171. The highest BCUT2D eigenvalue weighted by atomic mass is 32.1. The molecule has 2 bridgehead atoms. The molecule has 124 valence electrons. The van der Waals surface area contributed by atoms with E-state index in [9.17, 15) is 4.79 Å². The molecular formula is C18H19N3O2S. The lowest BCUT2D eigenvalue weighted by molar-refractivity contribution is 0.0618. The lowest BCUT2D eigenvalue weighted by atomic mass is 9.84. The van der Waals surface area contributed by atoms with Gasteiger partial charge >= 0.3 is 0 Å². The smallest absolute Gasteiger partial charge is 0.270 e. The number of aliphatic hydroxyl groups excluding tert-OH is 1. The van der Waals surface area contributed by atoms with Crippen molar-refractivity contribution in [2.45, 2.75) is 18.9 Å². The number of carbonyl (C=O) groups is 1. The maximum atomic E-state index is 12.6. The number of carbonyl (C=O) groups excluding carboxylic acids is 1. The molecule has 2 aromatic heterocycles. The number of amides is 1. The summed E-state index contributed by atoms with van der Waals surface area (Å²) in [5.41, 5.74) is 1.27. The summed E-state index contributed by atoms with van der Waals surface area (Å²) in [5.74, 6) is 6.08. The average Bonchev–Trinajstić information content (AvgIpc) is 3.03. The van der Waals surface area contributed by atoms with Gasteiger partial charge in [-0.2, -0.15) is 0 Å². The third kappa shape index (κ3) is 2.91. The monoisotopic (exact) mass is 341 g/mol. The number of rotatable bonds is 2. The fourth-order valence-electron chi connectivity index (χ4n) is 3.66. The number of hydrogen-bond acceptors (Lipinski definition) is 5. The van der Waals surface area contributed by atoms with Crippen LogP contribution in [-0.4, -0.2) is 53.2 Å². The maximum Gasteiger partial charge on any atom is 0.270 e. The number of aromatic nitrogens is 1. The van der Waals surface area contributed by atoms with Gasteiger partial charge in [-0.15, -0.1) is 11.3 Å². The Kier molecular flexibility index (Phi) is 4.23. The minimum Gasteiger partial charge on any atom is -0.384 e. The van der Waals surface area contributed by atoms with E-state index in [1.807, 2.05) is 11.4 Å². The molecule has 3 fully saturated rings. The minimum absolute atomic E-state index is 0.108. The number of piperidine rings is 3. The highest BCUT2D eigenvalue weighted by Gasteiger charge is 2.35. The van der Waals surface area contributed by atoms with Crippen molar-refractivity contribution in [2.24, 2.45) is 5.92 Å². The second-order valence-electron chi connectivity index (χ2n) is 6.39. The van der Waals surface area contributed by atoms with E-state index in [1.54, 1.807) is 17.5 Å². The fraction of sp³-hybridized carbons (Fsp3) is 0.444. The molecule has 6 heteroatoms. The Hall–Kier alpha value is -1.94. The van der Waals surface area contributed by atoms with Crippen LogP contribution in [-0.2, 0) is 0 Å². The van der Waals surface area contributed by atoms with Crippen LogP contribution in [0.1, 0.15) is 28.9 Å². The number of nitrogens with zero attached hydrogens (tertiary/aromatic N) is 2. The number of thiophene rings is 1. The summed E-state index contributed by atoms with van der Waals surface area (Å²) < 4.78 is 0.997. The average molecular weight is 341 g/mol. The number of nitrogens with one attached hydrogen (secondary N) is 1. The first-order valence-electron chi connectivity index (χ1n) is 8.25. The Morgan fingerprint density at radius 3 is 3.00 bits per heavy atom. The van der Waals surface area contributed by atoms with E-state index in [-0.39, 0.29) is 18.6 Å². The van der Waals surface area contributed by atoms with Crippen molar-refractivity contribution in [3.8, 4) is 11.8 Å². The normalized spacial score (nSPS) is 25.3. The lowest BCUT2D eigenvalue weighted by Gasteiger charge is -2.44. The van der Waals surface area contributed by atoms with Crippen molar-refractivity contribution in [2.75, 3.05) is 26.2 Å². The van der Waals surface area contributed by atoms with Gasteiger partial charge in [0.25, 0.3) is 5.91 Å². The number of fused-ring (bicyclic) bond motifs is 4. The molecule has 0 radical (unpaired) electrons. The molecule has 0 spiro atoms. The van der Waals surface area contributed by atoms with Crippen molar-refractivity contribution < 1.29 is 9.90 Å². The van der Waals surface area contributed by atoms with Crippen LogP contribution in [0.15, 0.2) is 17.6 Å². The van der Waals surface area contributed by atoms with E-state index in [4.69, 9.17) is 5.11 Å². The Bertz CT molecular complexity index is 828. The van der Waals surface area contributed by atoms with E-state index in [1.165, 1.54) is 12.8 Å². The van der Waals surface area contributed by atoms with Gasteiger partial charge in [-0.05, 0) is 37.9 Å². The van der Waals surface area contributed by atoms with Gasteiger partial charge in [0.15, 0.2) is 0 Å². The number of hydrogen-bond donors (Lipinski definition) is 2. The predicted molar refractivity (Wildman–Crippen MR) is 94.0 cm³/mol. The molecule has 1 amide bonds. The van der Waals surface area contributed by atoms with Crippen molar-refractivity contribution >= 4 is 27.3 Å². The molecule has 2 N–H and O–H groups in total. The summed E-state index contributed by atoms with van der Waals surface area (Å²) in [6.45, 7) is 3.09. The van der Waals surface area contributed by atoms with Gasteiger partial charge in [-0.1, -0.05) is 11.8 Å². The standard InChI is InChI=1S/C18H19N3O2S/c22-7-1-2-13-11-24-17-9-19-15(8-14(13)17)18(23)20-16-10-21-5-3-12(16)4-6-21/h8-9,11-12,16,22H,3-7,10H2,(H,20,23)/t16-/m0/s1. The number of aliphatic hydroxyl groups is 1. The van der Waals surface area contributed by atoms with Gasteiger partial charge in [-0.25, -0.2) is 4.98 Å². The first-order valence-corrected chi connectivity index (χ1v) is 9.13. The quantitative estimate of drug-likeness (QED) is 0.812. The zero-order chi connectivity index (χ0) is 16.5. The molecule has 0 aliphatic carbocycles. The van der Waals surface area contributed by atoms with E-state index in [2.05, 4.69) is 27.0 Å². The van der Waals surface area contributed by atoms with Crippen LogP contribution in [0.4, 0.5) is 0 Å². The molecule has 3 aliphatic heterocycles. The molecule has 1 atom stereocenters. The molecule has 5 heterocycles. The van der Waals surface area contributed by atoms with Crippen LogP contribution < -0.4 is 5.32 Å². The van der Waals surface area contributed by atoms with Gasteiger partial charge in [0.05, 0.1) is 4.70 Å². The first-order chi connectivity index (χ1) is 11.7. The molecule has 5 nitrogen and oxygen atoms in total. The van der Waals surface area contributed by atoms with Crippen LogP contribution in [0.2, 0.25) is 0 Å². The molecule has 0 unspecified atom stereocenters. The third-order valence-electron chi connectivity index (χ3n) is 4.97. The Balaban J connectivity index is 1.55. The Labute approximate surface area is 144 Å². The Morgan fingerprint density at radius 2 is 2.29 bits per heavy atom. The zero-order valence-corrected chi connectivity index (χ0v) is 14.1. The summed E-state index contributed by atoms with van der Waals surface area (Å²) in [6.07, 6.45) is 4.07. The SMILES string of the molecule is O=C(N[C@H]1CN2CCC1CC2)c1cc2c(C#CCO)csc2cn1. The van der Waals surface area contributed by atoms with Gasteiger partial charge in [0.2, 0.25) is 0 Å². The van der Waals surface area contributed by atoms with Crippen LogP contribution in [0, 0.1) is 17.8 Å². The summed E-state index contributed by atoms with van der Waals surface area (Å²) in [6, 6.07) is 2.04. The first kappa shape index (κ1) is 15.6. The summed E-state index contributed by atoms with van der Waals surface area (Å²) >= 11 is 1.55. The zero-order valence-electron chi connectivity index (χ0n) is 13.3. The van der Waals surface area contributed by atoms with Crippen LogP contribution in [0.5, 0.6) is 0 Å². The van der Waals surface area contributed by atoms with E-state index >= 15 is 0 Å². The topological polar surface area (TPSA) is 65.5 Å². The number of pyridine rings is 1. The van der Waals surface area contributed by atoms with Gasteiger partial charge in [-0.3, -0.25) is 4.79 Å². The van der Waals surface area contributed by atoms with Crippen molar-refractivity contribution in [3.63, 3.8) is 0 Å². The lowest BCUT2D eigenvalue weighted by Crippen LogP contribution is -2.57. The summed E-state index contributed by atoms with van der Waals surface area (Å²) in [4.78, 5) is 19.4. The maximum absolute atomic E-state index is 12.6. The molecule has 2 aromatic rings. The molecule has 24 heavy (non-hydrogen) atoms. The summed E-state index contributed by atoms with van der Waals surface area (Å²) in [5, 5.41) is 14.9. The van der Waals surface area contributed by atoms with Gasteiger partial charge < -0.3 is 15.3 Å². The highest BCUT2D eigenvalue weighted by Crippen LogP contribution is 2.28. The van der Waals surface area contributed by atoms with Crippen molar-refractivity contribution in [1.29, 1.82) is 0 Å². The van der Waals surface area contributed by atoms with Crippen LogP contribution >= 0.6 is 11.3 Å². The largest absolute Gasteiger partial charge is 0.384 e. The predicted octanol–water partition coefficient (Wildman–Crippen LogP) is 1.46. The second-order valence-corrected chi connectivity index (χ2v) is 7.30. The Morgan fingerprint density at radius 1 is 1.46 bits per heavy atom. The van der Waals surface area contributed by atoms with E-state index < -0.39 is 0 Å². The molecule has 3 aliphatic rings. The van der Waals surface area contributed by atoms with Crippen LogP contribution in [0.3, 0.4) is 0 Å². The second kappa shape index (κ2) is 6.52. The van der Waals surface area contributed by atoms with Gasteiger partial charge in [0, 0.05) is 35.1 Å². The van der Waals surface area contributed by atoms with Crippen LogP contribution in [0.25, 0.3) is 10.1 Å².